The van der Waals surface area contributed by atoms with E-state index in [2.05, 4.69) is 0 Å². The predicted octanol–water partition coefficient (Wildman–Crippen LogP) is 4.53. The average Bonchev–Trinajstić information content (AvgIpc) is 2.41. The van der Waals surface area contributed by atoms with Crippen LogP contribution < -0.4 is 9.47 Å². The van der Waals surface area contributed by atoms with Gasteiger partial charge >= 0.3 is 6.18 Å². The summed E-state index contributed by atoms with van der Waals surface area (Å²) in [5.41, 5.74) is -3.44. The molecule has 1 aromatic rings. The van der Waals surface area contributed by atoms with E-state index < -0.39 is 11.8 Å². The van der Waals surface area contributed by atoms with Gasteiger partial charge in [0, 0.05) is 0 Å². The van der Waals surface area contributed by atoms with Crippen molar-refractivity contribution in [1.82, 2.24) is 0 Å². The standard InChI is InChI=1S/C17H25F3O3/c1-11(2)9-22-13-7-6-8-14(23-10-12(3)4)15(13)16(5,21)17(18,19)20/h6-8,11-12,21H,9-10H2,1-5H3. The Bertz CT molecular complexity index is 478. The monoisotopic (exact) mass is 334 g/mol. The fourth-order valence-electron chi connectivity index (χ4n) is 1.89. The summed E-state index contributed by atoms with van der Waals surface area (Å²) in [7, 11) is 0. The zero-order chi connectivity index (χ0) is 17.8. The van der Waals surface area contributed by atoms with Gasteiger partial charge in [-0.05, 0) is 30.9 Å². The summed E-state index contributed by atoms with van der Waals surface area (Å²) in [6, 6.07) is 4.39. The first-order valence-electron chi connectivity index (χ1n) is 7.65. The molecule has 0 aromatic heterocycles. The summed E-state index contributed by atoms with van der Waals surface area (Å²) < 4.78 is 50.9. The highest BCUT2D eigenvalue weighted by molar-refractivity contribution is 5.49. The quantitative estimate of drug-likeness (QED) is 0.796. The fraction of sp³-hybridized carbons (Fsp3) is 0.647. The molecule has 1 rings (SSSR count). The maximum absolute atomic E-state index is 13.3. The number of hydrogen-bond acceptors (Lipinski definition) is 3. The summed E-state index contributed by atoms with van der Waals surface area (Å²) >= 11 is 0. The van der Waals surface area contributed by atoms with E-state index in [1.165, 1.54) is 12.1 Å². The number of ether oxygens (including phenoxy) is 2. The lowest BCUT2D eigenvalue weighted by molar-refractivity contribution is -0.259. The third kappa shape index (κ3) is 5.03. The Hall–Kier alpha value is -1.43. The Balaban J connectivity index is 3.33. The SMILES string of the molecule is CC(C)COc1cccc(OCC(C)C)c1C(C)(O)C(F)(F)F. The highest BCUT2D eigenvalue weighted by Crippen LogP contribution is 2.46. The molecule has 1 atom stereocenters. The highest BCUT2D eigenvalue weighted by atomic mass is 19.4. The number of halogens is 3. The molecule has 0 radical (unpaired) electrons. The third-order valence-electron chi connectivity index (χ3n) is 3.17. The zero-order valence-electron chi connectivity index (χ0n) is 14.2. The van der Waals surface area contributed by atoms with Crippen LogP contribution >= 0.6 is 0 Å². The average molecular weight is 334 g/mol. The van der Waals surface area contributed by atoms with Gasteiger partial charge in [-0.3, -0.25) is 0 Å². The molecule has 1 unspecified atom stereocenters. The van der Waals surface area contributed by atoms with Crippen LogP contribution in [0.25, 0.3) is 0 Å². The molecule has 0 saturated carbocycles. The number of benzene rings is 1. The van der Waals surface area contributed by atoms with E-state index in [9.17, 15) is 18.3 Å². The normalized spacial score (nSPS) is 14.9. The van der Waals surface area contributed by atoms with Gasteiger partial charge in [-0.25, -0.2) is 0 Å². The molecule has 0 spiro atoms. The molecule has 23 heavy (non-hydrogen) atoms. The van der Waals surface area contributed by atoms with Crippen LogP contribution in [0.1, 0.15) is 40.2 Å². The Labute approximate surface area is 135 Å². The van der Waals surface area contributed by atoms with Crippen LogP contribution in [-0.4, -0.2) is 24.5 Å². The largest absolute Gasteiger partial charge is 0.493 e. The van der Waals surface area contributed by atoms with Crippen molar-refractivity contribution in [3.63, 3.8) is 0 Å². The van der Waals surface area contributed by atoms with Gasteiger partial charge in [-0.2, -0.15) is 13.2 Å². The van der Waals surface area contributed by atoms with Crippen LogP contribution in [0.3, 0.4) is 0 Å². The maximum Gasteiger partial charge on any atom is 0.421 e. The molecule has 0 bridgehead atoms. The van der Waals surface area contributed by atoms with Crippen LogP contribution in [0, 0.1) is 11.8 Å². The summed E-state index contributed by atoms with van der Waals surface area (Å²) in [6.07, 6.45) is -4.85. The van der Waals surface area contributed by atoms with E-state index in [0.29, 0.717) is 6.92 Å². The second-order valence-electron chi connectivity index (χ2n) is 6.61. The van der Waals surface area contributed by atoms with Crippen molar-refractivity contribution in [2.24, 2.45) is 11.8 Å². The van der Waals surface area contributed by atoms with E-state index >= 15 is 0 Å². The van der Waals surface area contributed by atoms with Crippen molar-refractivity contribution in [2.45, 2.75) is 46.4 Å². The number of aliphatic hydroxyl groups is 1. The van der Waals surface area contributed by atoms with E-state index in [1.807, 2.05) is 27.7 Å². The van der Waals surface area contributed by atoms with Gasteiger partial charge in [0.25, 0.3) is 0 Å². The molecule has 1 aromatic carbocycles. The molecule has 0 amide bonds. The van der Waals surface area contributed by atoms with Crippen LogP contribution in [0.4, 0.5) is 13.2 Å². The van der Waals surface area contributed by atoms with Gasteiger partial charge < -0.3 is 14.6 Å². The molecule has 0 aliphatic heterocycles. The van der Waals surface area contributed by atoms with Crippen LogP contribution in [0.5, 0.6) is 11.5 Å². The first kappa shape index (κ1) is 19.6. The Morgan fingerprint density at radius 2 is 1.35 bits per heavy atom. The smallest absolute Gasteiger partial charge is 0.421 e. The lowest BCUT2D eigenvalue weighted by Gasteiger charge is -2.30. The van der Waals surface area contributed by atoms with Gasteiger partial charge in [-0.15, -0.1) is 0 Å². The van der Waals surface area contributed by atoms with Crippen LogP contribution in [0.15, 0.2) is 18.2 Å². The predicted molar refractivity (Wildman–Crippen MR) is 82.7 cm³/mol. The lowest BCUT2D eigenvalue weighted by Crippen LogP contribution is -2.40. The fourth-order valence-corrected chi connectivity index (χ4v) is 1.89. The number of rotatable bonds is 7. The minimum absolute atomic E-state index is 0.0118. The van der Waals surface area contributed by atoms with E-state index in [1.54, 1.807) is 6.07 Å². The number of alkyl halides is 3. The zero-order valence-corrected chi connectivity index (χ0v) is 14.2. The lowest BCUT2D eigenvalue weighted by atomic mass is 9.93. The molecule has 1 N–H and O–H groups in total. The van der Waals surface area contributed by atoms with E-state index in [-0.39, 0.29) is 42.1 Å². The van der Waals surface area contributed by atoms with Crippen LogP contribution in [-0.2, 0) is 5.60 Å². The van der Waals surface area contributed by atoms with Gasteiger partial charge in [0.05, 0.1) is 18.8 Å². The summed E-state index contributed by atoms with van der Waals surface area (Å²) in [5, 5.41) is 10.1. The maximum atomic E-state index is 13.3. The molecule has 0 fully saturated rings. The van der Waals surface area contributed by atoms with Crippen molar-refractivity contribution in [1.29, 1.82) is 0 Å². The molecular weight excluding hydrogens is 309 g/mol. The van der Waals surface area contributed by atoms with Crippen molar-refractivity contribution < 1.29 is 27.8 Å². The summed E-state index contributed by atoms with van der Waals surface area (Å²) in [4.78, 5) is 0. The Kier molecular flexibility index (Phi) is 6.33. The molecular formula is C17H25F3O3. The van der Waals surface area contributed by atoms with Gasteiger partial charge in [0.2, 0.25) is 0 Å². The second kappa shape index (κ2) is 7.43. The molecule has 132 valence electrons. The molecule has 0 saturated heterocycles. The molecule has 3 nitrogen and oxygen atoms in total. The van der Waals surface area contributed by atoms with Gasteiger partial charge in [0.1, 0.15) is 11.5 Å². The Morgan fingerprint density at radius 1 is 0.957 bits per heavy atom. The minimum atomic E-state index is -4.85. The molecule has 0 aliphatic carbocycles. The van der Waals surface area contributed by atoms with Crippen molar-refractivity contribution in [3.8, 4) is 11.5 Å². The third-order valence-corrected chi connectivity index (χ3v) is 3.17. The Morgan fingerprint density at radius 3 is 1.65 bits per heavy atom. The van der Waals surface area contributed by atoms with Crippen molar-refractivity contribution in [2.75, 3.05) is 13.2 Å². The first-order valence-corrected chi connectivity index (χ1v) is 7.65. The van der Waals surface area contributed by atoms with Gasteiger partial charge in [-0.1, -0.05) is 33.8 Å². The summed E-state index contributed by atoms with van der Waals surface area (Å²) in [5.74, 6) is 0.252. The topological polar surface area (TPSA) is 38.7 Å². The summed E-state index contributed by atoms with van der Waals surface area (Å²) in [6.45, 7) is 8.76. The van der Waals surface area contributed by atoms with Gasteiger partial charge in [0.15, 0.2) is 5.60 Å². The van der Waals surface area contributed by atoms with E-state index in [4.69, 9.17) is 9.47 Å². The highest BCUT2D eigenvalue weighted by Gasteiger charge is 2.54. The van der Waals surface area contributed by atoms with E-state index in [0.717, 1.165) is 0 Å². The molecule has 6 heteroatoms. The van der Waals surface area contributed by atoms with Crippen LogP contribution in [0.2, 0.25) is 0 Å². The minimum Gasteiger partial charge on any atom is -0.493 e. The van der Waals surface area contributed by atoms with Crippen molar-refractivity contribution >= 4 is 0 Å². The molecule has 0 aliphatic rings. The van der Waals surface area contributed by atoms with Crippen molar-refractivity contribution in [3.05, 3.63) is 23.8 Å². The first-order chi connectivity index (χ1) is 10.5. The second-order valence-corrected chi connectivity index (χ2v) is 6.61. The molecule has 0 heterocycles. The number of hydrogen-bond donors (Lipinski definition) is 1.